The molecule has 172 valence electrons. The van der Waals surface area contributed by atoms with E-state index in [0.717, 1.165) is 5.56 Å². The fourth-order valence-electron chi connectivity index (χ4n) is 3.12. The third-order valence-corrected chi connectivity index (χ3v) is 4.96. The second-order valence-corrected chi connectivity index (χ2v) is 7.35. The van der Waals surface area contributed by atoms with Crippen LogP contribution in [0.2, 0.25) is 0 Å². The summed E-state index contributed by atoms with van der Waals surface area (Å²) in [5.74, 6) is -0.244. The van der Waals surface area contributed by atoms with Gasteiger partial charge in [0.2, 0.25) is 0 Å². The summed E-state index contributed by atoms with van der Waals surface area (Å²) in [6, 6.07) is 21.4. The molecule has 1 N–H and O–H groups in total. The molecule has 0 saturated heterocycles. The molecule has 0 fully saturated rings. The van der Waals surface area contributed by atoms with Gasteiger partial charge in [0, 0.05) is 0 Å². The van der Waals surface area contributed by atoms with Crippen LogP contribution < -0.4 is 14.8 Å². The molecule has 1 amide bonds. The average molecular weight is 456 g/mol. The van der Waals surface area contributed by atoms with E-state index in [1.54, 1.807) is 36.4 Å². The van der Waals surface area contributed by atoms with E-state index in [9.17, 15) is 14.9 Å². The Balaban J connectivity index is 1.78. The minimum atomic E-state index is -0.655. The van der Waals surface area contributed by atoms with Crippen molar-refractivity contribution >= 4 is 23.6 Å². The lowest BCUT2D eigenvalue weighted by atomic mass is 10.1. The van der Waals surface area contributed by atoms with Gasteiger partial charge in [-0.2, -0.15) is 5.26 Å². The number of aryl methyl sites for hydroxylation is 1. The van der Waals surface area contributed by atoms with Crippen LogP contribution in [0, 0.1) is 18.3 Å². The number of para-hydroxylation sites is 1. The first kappa shape index (κ1) is 24.1. The number of nitriles is 1. The van der Waals surface area contributed by atoms with Crippen molar-refractivity contribution in [3.8, 4) is 17.6 Å². The molecule has 34 heavy (non-hydrogen) atoms. The van der Waals surface area contributed by atoms with Gasteiger partial charge in [0.15, 0.2) is 11.5 Å². The standard InChI is InChI=1S/C27H24N2O5/c1-18-8-10-19(11-9-18)17-34-24-13-12-20(15-25(24)32-2)14-21(16-28)26(30)29-23-7-5-4-6-22(23)27(31)33-3/h4-15H,17H2,1-3H3,(H,29,30)/b21-14-. The van der Waals surface area contributed by atoms with Crippen molar-refractivity contribution in [1.29, 1.82) is 5.26 Å². The monoisotopic (exact) mass is 456 g/mol. The number of anilines is 1. The van der Waals surface area contributed by atoms with Crippen LogP contribution in [0.15, 0.2) is 72.3 Å². The van der Waals surface area contributed by atoms with Crippen LogP contribution in [0.5, 0.6) is 11.5 Å². The number of hydrogen-bond donors (Lipinski definition) is 1. The van der Waals surface area contributed by atoms with Gasteiger partial charge >= 0.3 is 5.97 Å². The molecule has 3 aromatic carbocycles. The third kappa shape index (κ3) is 6.02. The number of amides is 1. The molecule has 7 nitrogen and oxygen atoms in total. The zero-order valence-corrected chi connectivity index (χ0v) is 19.1. The largest absolute Gasteiger partial charge is 0.493 e. The Morgan fingerprint density at radius 2 is 1.74 bits per heavy atom. The van der Waals surface area contributed by atoms with Gasteiger partial charge in [-0.1, -0.05) is 48.0 Å². The molecule has 3 rings (SSSR count). The van der Waals surface area contributed by atoms with Gasteiger partial charge in [0.1, 0.15) is 18.2 Å². The first-order chi connectivity index (χ1) is 16.4. The van der Waals surface area contributed by atoms with Gasteiger partial charge in [-0.25, -0.2) is 4.79 Å². The maximum atomic E-state index is 12.7. The lowest BCUT2D eigenvalue weighted by Gasteiger charge is -2.12. The number of nitrogens with one attached hydrogen (secondary N) is 1. The van der Waals surface area contributed by atoms with E-state index in [4.69, 9.17) is 14.2 Å². The quantitative estimate of drug-likeness (QED) is 0.294. The topological polar surface area (TPSA) is 97.7 Å². The van der Waals surface area contributed by atoms with Crippen LogP contribution in [-0.2, 0) is 16.1 Å². The summed E-state index contributed by atoms with van der Waals surface area (Å²) in [6.07, 6.45) is 1.43. The van der Waals surface area contributed by atoms with E-state index in [1.807, 2.05) is 37.3 Å². The highest BCUT2D eigenvalue weighted by molar-refractivity contribution is 6.12. The Labute approximate surface area is 198 Å². The summed E-state index contributed by atoms with van der Waals surface area (Å²) >= 11 is 0. The molecule has 0 aliphatic heterocycles. The highest BCUT2D eigenvalue weighted by Gasteiger charge is 2.16. The number of esters is 1. The van der Waals surface area contributed by atoms with Gasteiger partial charge in [-0.3, -0.25) is 4.79 Å². The molecule has 0 bridgehead atoms. The van der Waals surface area contributed by atoms with Crippen LogP contribution >= 0.6 is 0 Å². The van der Waals surface area contributed by atoms with E-state index in [0.29, 0.717) is 23.7 Å². The minimum absolute atomic E-state index is 0.143. The molecule has 0 spiro atoms. The molecule has 0 heterocycles. The SMILES string of the molecule is COC(=O)c1ccccc1NC(=O)/C(C#N)=C\c1ccc(OCc2ccc(C)cc2)c(OC)c1. The maximum absolute atomic E-state index is 12.7. The van der Waals surface area contributed by atoms with Crippen LogP contribution in [0.25, 0.3) is 6.08 Å². The molecular formula is C27H24N2O5. The summed E-state index contributed by atoms with van der Waals surface area (Å²) in [4.78, 5) is 24.6. The number of ether oxygens (including phenoxy) is 3. The molecule has 0 unspecified atom stereocenters. The first-order valence-corrected chi connectivity index (χ1v) is 10.4. The van der Waals surface area contributed by atoms with E-state index >= 15 is 0 Å². The summed E-state index contributed by atoms with van der Waals surface area (Å²) in [7, 11) is 2.77. The molecule has 0 aliphatic carbocycles. The fraction of sp³-hybridized carbons (Fsp3) is 0.148. The first-order valence-electron chi connectivity index (χ1n) is 10.4. The molecular weight excluding hydrogens is 432 g/mol. The number of benzene rings is 3. The van der Waals surface area contributed by atoms with Gasteiger partial charge in [0.05, 0.1) is 25.5 Å². The molecule has 0 atom stereocenters. The highest BCUT2D eigenvalue weighted by Crippen LogP contribution is 2.30. The van der Waals surface area contributed by atoms with E-state index < -0.39 is 11.9 Å². The lowest BCUT2D eigenvalue weighted by molar-refractivity contribution is -0.112. The normalized spacial score (nSPS) is 10.7. The Morgan fingerprint density at radius 1 is 1.00 bits per heavy atom. The third-order valence-electron chi connectivity index (χ3n) is 4.96. The van der Waals surface area contributed by atoms with Gasteiger partial charge in [-0.05, 0) is 48.4 Å². The van der Waals surface area contributed by atoms with Crippen LogP contribution in [0.3, 0.4) is 0 Å². The van der Waals surface area contributed by atoms with Crippen LogP contribution in [0.4, 0.5) is 5.69 Å². The summed E-state index contributed by atoms with van der Waals surface area (Å²) in [5.41, 5.74) is 3.06. The molecule has 0 saturated carbocycles. The van der Waals surface area contributed by atoms with Crippen LogP contribution in [0.1, 0.15) is 27.0 Å². The average Bonchev–Trinajstić information content (AvgIpc) is 2.87. The minimum Gasteiger partial charge on any atom is -0.493 e. The number of methoxy groups -OCH3 is 2. The number of carbonyl (C=O) groups excluding carboxylic acids is 2. The van der Waals surface area contributed by atoms with Gasteiger partial charge in [-0.15, -0.1) is 0 Å². The molecule has 0 aromatic heterocycles. The Morgan fingerprint density at radius 3 is 2.41 bits per heavy atom. The predicted molar refractivity (Wildman–Crippen MR) is 129 cm³/mol. The molecule has 0 radical (unpaired) electrons. The molecule has 7 heteroatoms. The summed E-state index contributed by atoms with van der Waals surface area (Å²) < 4.78 is 16.0. The van der Waals surface area contributed by atoms with E-state index in [-0.39, 0.29) is 16.8 Å². The molecule has 3 aromatic rings. The second-order valence-electron chi connectivity index (χ2n) is 7.35. The van der Waals surface area contributed by atoms with Crippen molar-refractivity contribution in [2.75, 3.05) is 19.5 Å². The van der Waals surface area contributed by atoms with Gasteiger partial charge < -0.3 is 19.5 Å². The molecule has 0 aliphatic rings. The number of carbonyl (C=O) groups is 2. The highest BCUT2D eigenvalue weighted by atomic mass is 16.5. The fourth-order valence-corrected chi connectivity index (χ4v) is 3.12. The summed E-state index contributed by atoms with van der Waals surface area (Å²) in [6.45, 7) is 2.39. The lowest BCUT2D eigenvalue weighted by Crippen LogP contribution is -2.16. The summed E-state index contributed by atoms with van der Waals surface area (Å²) in [5, 5.41) is 12.1. The van der Waals surface area contributed by atoms with Crippen molar-refractivity contribution in [2.45, 2.75) is 13.5 Å². The van der Waals surface area contributed by atoms with E-state index in [2.05, 4.69) is 5.32 Å². The van der Waals surface area contributed by atoms with Crippen molar-refractivity contribution in [2.24, 2.45) is 0 Å². The maximum Gasteiger partial charge on any atom is 0.339 e. The van der Waals surface area contributed by atoms with Crippen molar-refractivity contribution < 1.29 is 23.8 Å². The smallest absolute Gasteiger partial charge is 0.339 e. The number of rotatable bonds is 8. The Hall–Kier alpha value is -4.57. The van der Waals surface area contributed by atoms with Crippen molar-refractivity contribution in [1.82, 2.24) is 0 Å². The Bertz CT molecular complexity index is 1260. The Kier molecular flexibility index (Phi) is 8.03. The van der Waals surface area contributed by atoms with E-state index in [1.165, 1.54) is 31.9 Å². The van der Waals surface area contributed by atoms with Crippen molar-refractivity contribution in [3.05, 3.63) is 94.6 Å². The van der Waals surface area contributed by atoms with Crippen molar-refractivity contribution in [3.63, 3.8) is 0 Å². The van der Waals surface area contributed by atoms with Crippen LogP contribution in [-0.4, -0.2) is 26.1 Å². The van der Waals surface area contributed by atoms with Gasteiger partial charge in [0.25, 0.3) is 5.91 Å². The number of hydrogen-bond acceptors (Lipinski definition) is 6. The zero-order valence-electron chi connectivity index (χ0n) is 19.1. The number of nitrogens with zero attached hydrogens (tertiary/aromatic N) is 1. The second kappa shape index (κ2) is 11.3. The predicted octanol–water partition coefficient (Wildman–Crippen LogP) is 4.91. The zero-order chi connectivity index (χ0) is 24.5.